The maximum atomic E-state index is 3.46. The van der Waals surface area contributed by atoms with Gasteiger partial charge in [-0.25, -0.2) is 0 Å². The van der Waals surface area contributed by atoms with Gasteiger partial charge in [0.05, 0.1) is 0 Å². The Bertz CT molecular complexity index is 1070. The summed E-state index contributed by atoms with van der Waals surface area (Å²) in [5, 5.41) is 3.46. The Balaban J connectivity index is -0.000000707. The first-order valence-corrected chi connectivity index (χ1v) is 28.0. The van der Waals surface area contributed by atoms with Crippen molar-refractivity contribution in [3.63, 3.8) is 0 Å². The molecule has 10 aliphatic rings. The van der Waals surface area contributed by atoms with E-state index in [1.807, 2.05) is 0 Å². The summed E-state index contributed by atoms with van der Waals surface area (Å²) in [4.78, 5) is 14.8. The fraction of sp³-hybridized carbons (Fsp3) is 1.00. The van der Waals surface area contributed by atoms with Crippen LogP contribution in [0.15, 0.2) is 0 Å². The first-order chi connectivity index (χ1) is 30.1. The summed E-state index contributed by atoms with van der Waals surface area (Å²) < 4.78 is 0. The van der Waals surface area contributed by atoms with Crippen LogP contribution >= 0.6 is 0 Å². The van der Waals surface area contributed by atoms with Gasteiger partial charge in [0.25, 0.3) is 0 Å². The Morgan fingerprint density at radius 3 is 1.32 bits per heavy atom. The highest BCUT2D eigenvalue weighted by atomic mass is 15.2. The van der Waals surface area contributed by atoms with Gasteiger partial charge in [0.2, 0.25) is 0 Å². The second-order valence-electron chi connectivity index (χ2n) is 24.0. The number of nitrogens with zero attached hydrogens (tertiary/aromatic N) is 6. The summed E-state index contributed by atoms with van der Waals surface area (Å²) in [6.07, 6.45) is 25.8. The molecule has 0 spiro atoms. The standard InChI is InChI=1S/C9H17N.C9H19N.C7H13N.2C7H15N.2C6H13N.C5H10.5CH4/c1-7-3-4-8-5-6-9(7)10(8)2;1-3-9-5-4-6-10-7-8(9)2;1-6-4-8-3-2-7(6)5-8;1-7-3-5-8(2)6-4-7;1-7-4-3-5-8(2)6-7;1-6-3-4-7(2)5-6;1-6-4-3-5-7(6)2;1-5-3-2-4-5;;;;;/h7-9H,3-6H2,1-2H3;8-10H,3-7H2,1-2H3;6-7H,2-5H2,1H3;2*7H,3-6H2,1-2H3;2*6H,3-5H2,1-2H3;5H,2-4H2,1H3;5*1H4. The second kappa shape index (κ2) is 40.1. The molecule has 68 heavy (non-hydrogen) atoms. The Hall–Kier alpha value is -0.280. The van der Waals surface area contributed by atoms with Crippen molar-refractivity contribution in [2.75, 3.05) is 114 Å². The molecule has 9 heterocycles. The zero-order valence-corrected chi connectivity index (χ0v) is 45.3. The molecule has 0 radical (unpaired) electrons. The molecule has 7 nitrogen and oxygen atoms in total. The molecule has 11 atom stereocenters. The first-order valence-electron chi connectivity index (χ1n) is 28.0. The molecule has 1 N–H and O–H groups in total. The topological polar surface area (TPSA) is 31.5 Å². The van der Waals surface area contributed by atoms with E-state index in [2.05, 4.69) is 132 Å². The highest BCUT2D eigenvalue weighted by molar-refractivity contribution is 4.93. The van der Waals surface area contributed by atoms with Crippen molar-refractivity contribution in [2.24, 2.45) is 53.3 Å². The maximum Gasteiger partial charge on any atom is 0.0121 e. The molecule has 9 saturated heterocycles. The van der Waals surface area contributed by atoms with E-state index in [-0.39, 0.29) is 37.1 Å². The van der Waals surface area contributed by atoms with Crippen LogP contribution in [0.1, 0.15) is 215 Å². The van der Waals surface area contributed by atoms with Gasteiger partial charge in [0.1, 0.15) is 0 Å². The minimum Gasteiger partial charge on any atom is -0.316 e. The minimum atomic E-state index is 0. The van der Waals surface area contributed by atoms with Crippen molar-refractivity contribution in [2.45, 2.75) is 233 Å². The van der Waals surface area contributed by atoms with Crippen LogP contribution in [0, 0.1) is 53.3 Å². The van der Waals surface area contributed by atoms with Crippen molar-refractivity contribution in [1.29, 1.82) is 0 Å². The number of fused-ring (bicyclic) bond motifs is 4. The molecule has 0 aromatic rings. The summed E-state index contributed by atoms with van der Waals surface area (Å²) in [6.45, 7) is 36.8. The van der Waals surface area contributed by atoms with E-state index in [0.717, 1.165) is 71.4 Å². The third-order valence-electron chi connectivity index (χ3n) is 17.7. The van der Waals surface area contributed by atoms with Crippen molar-refractivity contribution >= 4 is 0 Å². The largest absolute Gasteiger partial charge is 0.316 e. The number of hydrogen-bond donors (Lipinski definition) is 1. The molecule has 9 aliphatic heterocycles. The third-order valence-corrected chi connectivity index (χ3v) is 17.7. The summed E-state index contributed by atoms with van der Waals surface area (Å²) in [6, 6.07) is 2.72. The van der Waals surface area contributed by atoms with Crippen LogP contribution in [0.4, 0.5) is 0 Å². The molecule has 0 aromatic carbocycles. The number of likely N-dealkylation sites (tertiary alicyclic amines) is 4. The average molecular weight is 967 g/mol. The lowest BCUT2D eigenvalue weighted by atomic mass is 9.88. The Morgan fingerprint density at radius 1 is 0.426 bits per heavy atom. The second-order valence-corrected chi connectivity index (χ2v) is 24.0. The quantitative estimate of drug-likeness (QED) is 0.280. The predicted molar refractivity (Wildman–Crippen MR) is 313 cm³/mol. The van der Waals surface area contributed by atoms with E-state index in [0.29, 0.717) is 0 Å². The molecule has 10 rings (SSSR count). The molecule has 4 bridgehead atoms. The third kappa shape index (κ3) is 28.8. The van der Waals surface area contributed by atoms with Crippen molar-refractivity contribution in [3.8, 4) is 0 Å². The summed E-state index contributed by atoms with van der Waals surface area (Å²) in [5.41, 5.74) is 0. The first kappa shape index (κ1) is 72.0. The zero-order chi connectivity index (χ0) is 46.3. The molecule has 0 aromatic heterocycles. The van der Waals surface area contributed by atoms with Gasteiger partial charge >= 0.3 is 0 Å². The molecular weight excluding hydrogens is 831 g/mol. The van der Waals surface area contributed by atoms with Crippen LogP contribution in [0.2, 0.25) is 0 Å². The van der Waals surface area contributed by atoms with E-state index < -0.39 is 0 Å². The Morgan fingerprint density at radius 2 is 0.971 bits per heavy atom. The average Bonchev–Trinajstić information content (AvgIpc) is 4.06. The van der Waals surface area contributed by atoms with Gasteiger partial charge < -0.3 is 34.7 Å². The Kier molecular flexibility index (Phi) is 42.5. The Labute approximate surface area is 433 Å². The molecule has 1 aliphatic carbocycles. The van der Waals surface area contributed by atoms with E-state index in [1.165, 1.54) is 194 Å². The lowest BCUT2D eigenvalue weighted by molar-refractivity contribution is 0.130. The van der Waals surface area contributed by atoms with Crippen molar-refractivity contribution < 1.29 is 0 Å². The lowest BCUT2D eigenvalue weighted by Crippen LogP contribution is -2.40. The van der Waals surface area contributed by atoms with Crippen LogP contribution in [-0.2, 0) is 0 Å². The molecular formula is C61H135N7. The normalized spacial score (nSPS) is 34.4. The van der Waals surface area contributed by atoms with Gasteiger partial charge in [-0.15, -0.1) is 0 Å². The molecule has 11 unspecified atom stereocenters. The van der Waals surface area contributed by atoms with Gasteiger partial charge in [-0.2, -0.15) is 0 Å². The maximum absolute atomic E-state index is 3.46. The van der Waals surface area contributed by atoms with Gasteiger partial charge in [-0.05, 0) is 238 Å². The fourth-order valence-electron chi connectivity index (χ4n) is 12.1. The molecule has 414 valence electrons. The molecule has 10 fully saturated rings. The number of nitrogens with one attached hydrogen (secondary N) is 1. The van der Waals surface area contributed by atoms with Gasteiger partial charge in [0, 0.05) is 44.3 Å². The highest BCUT2D eigenvalue weighted by Crippen LogP contribution is 2.37. The predicted octanol–water partition coefficient (Wildman–Crippen LogP) is 14.6. The number of hydrogen-bond acceptors (Lipinski definition) is 7. The van der Waals surface area contributed by atoms with Crippen LogP contribution in [0.5, 0.6) is 0 Å². The fourth-order valence-corrected chi connectivity index (χ4v) is 12.1. The van der Waals surface area contributed by atoms with Crippen LogP contribution in [-0.4, -0.2) is 161 Å². The van der Waals surface area contributed by atoms with Gasteiger partial charge in [0.15, 0.2) is 0 Å². The monoisotopic (exact) mass is 966 g/mol. The van der Waals surface area contributed by atoms with Gasteiger partial charge in [-0.3, -0.25) is 0 Å². The van der Waals surface area contributed by atoms with Crippen LogP contribution in [0.3, 0.4) is 0 Å². The number of piperidine rings is 4. The zero-order valence-electron chi connectivity index (χ0n) is 45.3. The molecule has 0 amide bonds. The van der Waals surface area contributed by atoms with E-state index in [9.17, 15) is 0 Å². The van der Waals surface area contributed by atoms with E-state index in [4.69, 9.17) is 0 Å². The SMILES string of the molecule is C.C.C.C.C.CC1CCC1.CC1CCC2CCC1N2C.CC1CCCN(C)C1.CC1CCCN1C.CC1CCN(C)C1.CC1CCN(C)CC1.CC1CN2CCC1C2.CCC1CCCNCC1C. The molecule has 7 heteroatoms. The van der Waals surface area contributed by atoms with E-state index >= 15 is 0 Å². The highest BCUT2D eigenvalue weighted by Gasteiger charge is 2.38. The van der Waals surface area contributed by atoms with Gasteiger partial charge in [-0.1, -0.05) is 118 Å². The minimum absolute atomic E-state index is 0. The molecule has 1 saturated carbocycles. The summed E-state index contributed by atoms with van der Waals surface area (Å²) >= 11 is 0. The van der Waals surface area contributed by atoms with Crippen LogP contribution < -0.4 is 5.32 Å². The summed E-state index contributed by atoms with van der Waals surface area (Å²) in [5.74, 6) is 8.84. The van der Waals surface area contributed by atoms with E-state index in [1.54, 1.807) is 0 Å². The number of rotatable bonds is 1. The lowest BCUT2D eigenvalue weighted by Gasteiger charge is -2.35. The smallest absolute Gasteiger partial charge is 0.0121 e. The van der Waals surface area contributed by atoms with Crippen molar-refractivity contribution in [1.82, 2.24) is 34.7 Å². The van der Waals surface area contributed by atoms with Crippen molar-refractivity contribution in [3.05, 3.63) is 0 Å². The summed E-state index contributed by atoms with van der Waals surface area (Å²) in [7, 11) is 11.1. The van der Waals surface area contributed by atoms with Crippen LogP contribution in [0.25, 0.3) is 0 Å².